The predicted molar refractivity (Wildman–Crippen MR) is 154 cm³/mol. The topological polar surface area (TPSA) is 85.3 Å². The van der Waals surface area contributed by atoms with Gasteiger partial charge in [0.1, 0.15) is 11.8 Å². The van der Waals surface area contributed by atoms with Gasteiger partial charge in [0.25, 0.3) is 0 Å². The minimum atomic E-state index is -1.14. The van der Waals surface area contributed by atoms with Crippen LogP contribution in [0.15, 0.2) is 78.9 Å². The van der Waals surface area contributed by atoms with Crippen LogP contribution in [0.4, 0.5) is 4.79 Å². The van der Waals surface area contributed by atoms with E-state index in [0.717, 1.165) is 22.3 Å². The summed E-state index contributed by atoms with van der Waals surface area (Å²) in [6, 6.07) is 23.6. The molecule has 4 atom stereocenters. The molecular weight excluding hydrogens is 506 g/mol. The number of aliphatic carboxylic acids is 1. The van der Waals surface area contributed by atoms with Gasteiger partial charge in [-0.2, -0.15) is 0 Å². The lowest BCUT2D eigenvalue weighted by molar-refractivity contribution is -0.145. The smallest absolute Gasteiger partial charge is 0.411 e. The van der Waals surface area contributed by atoms with Crippen molar-refractivity contribution in [3.63, 3.8) is 0 Å². The number of benzene rings is 3. The first-order chi connectivity index (χ1) is 19.0. The van der Waals surface area contributed by atoms with E-state index in [-0.39, 0.29) is 6.61 Å². The van der Waals surface area contributed by atoms with Gasteiger partial charge in [-0.3, -0.25) is 4.90 Å². The van der Waals surface area contributed by atoms with Crippen LogP contribution >= 0.6 is 0 Å². The number of rotatable bonds is 8. The van der Waals surface area contributed by atoms with Crippen LogP contribution < -0.4 is 4.74 Å². The highest BCUT2D eigenvalue weighted by molar-refractivity contribution is 5.82. The Morgan fingerprint density at radius 2 is 1.55 bits per heavy atom. The largest absolute Gasteiger partial charge is 0.496 e. The summed E-state index contributed by atoms with van der Waals surface area (Å²) in [4.78, 5) is 27.7. The highest BCUT2D eigenvalue weighted by Crippen LogP contribution is 2.50. The molecule has 40 heavy (non-hydrogen) atoms. The van der Waals surface area contributed by atoms with Gasteiger partial charge in [0, 0.05) is 11.5 Å². The van der Waals surface area contributed by atoms with Crippen LogP contribution in [0, 0.1) is 11.3 Å². The Morgan fingerprint density at radius 3 is 2.10 bits per heavy atom. The molecule has 0 unspecified atom stereocenters. The summed E-state index contributed by atoms with van der Waals surface area (Å²) in [7, 11) is 1.62. The number of carboxylic acid groups (broad SMARTS) is 1. The minimum Gasteiger partial charge on any atom is -0.496 e. The number of carbonyl (C=O) groups excluding carboxylic acids is 1. The Bertz CT molecular complexity index is 1300. The number of likely N-dealkylation sites (tertiary alicyclic amines) is 1. The van der Waals surface area contributed by atoms with Crippen LogP contribution in [0.1, 0.15) is 51.8 Å². The van der Waals surface area contributed by atoms with Gasteiger partial charge in [-0.25, -0.2) is 9.59 Å². The number of methoxy groups -OCH3 is 1. The van der Waals surface area contributed by atoms with E-state index in [9.17, 15) is 14.7 Å². The maximum atomic E-state index is 13.5. The number of ether oxygens (including phenoxy) is 3. The van der Waals surface area contributed by atoms with Crippen LogP contribution in [0.5, 0.6) is 5.75 Å². The van der Waals surface area contributed by atoms with Crippen molar-refractivity contribution < 1.29 is 28.9 Å². The summed E-state index contributed by atoms with van der Waals surface area (Å²) in [5.74, 6) is -0.943. The number of carboxylic acids is 1. The molecule has 1 fully saturated rings. The standard InChI is InChI=1S/C33H39NO6/c1-21(2)40-32(37)34-28(23-15-11-8-12-16-23)30(27(33(3,4)5)29(34)31(35)36)39-20-25-19-24(17-18-26(25)38-6)22-13-9-7-10-14-22/h7-19,21,27-30H,20H2,1-6H3,(H,35,36)/t27-,28+,29+,30+/m1/s1. The highest BCUT2D eigenvalue weighted by atomic mass is 16.6. The van der Waals surface area contributed by atoms with Crippen molar-refractivity contribution >= 4 is 12.1 Å². The molecule has 3 aromatic rings. The van der Waals surface area contributed by atoms with Gasteiger partial charge >= 0.3 is 12.1 Å². The number of amides is 1. The second-order valence-corrected chi connectivity index (χ2v) is 11.5. The zero-order valence-corrected chi connectivity index (χ0v) is 24.0. The van der Waals surface area contributed by atoms with Crippen LogP contribution in [0.3, 0.4) is 0 Å². The van der Waals surface area contributed by atoms with Gasteiger partial charge in [0.05, 0.1) is 32.0 Å². The molecule has 0 aromatic heterocycles. The molecule has 1 N–H and O–H groups in total. The van der Waals surface area contributed by atoms with E-state index in [1.54, 1.807) is 21.0 Å². The summed E-state index contributed by atoms with van der Waals surface area (Å²) in [6.07, 6.45) is -1.70. The molecule has 1 heterocycles. The first kappa shape index (κ1) is 29.2. The number of hydrogen-bond donors (Lipinski definition) is 1. The summed E-state index contributed by atoms with van der Waals surface area (Å²) < 4.78 is 18.0. The maximum absolute atomic E-state index is 13.5. The van der Waals surface area contributed by atoms with Crippen molar-refractivity contribution in [1.82, 2.24) is 4.90 Å². The lowest BCUT2D eigenvalue weighted by atomic mass is 9.73. The first-order valence-corrected chi connectivity index (χ1v) is 13.6. The molecule has 1 aliphatic heterocycles. The van der Waals surface area contributed by atoms with Crippen LogP contribution in [-0.2, 0) is 20.9 Å². The summed E-state index contributed by atoms with van der Waals surface area (Å²) >= 11 is 0. The monoisotopic (exact) mass is 545 g/mol. The van der Waals surface area contributed by atoms with E-state index in [1.807, 2.05) is 99.6 Å². The minimum absolute atomic E-state index is 0.170. The third-order valence-electron chi connectivity index (χ3n) is 7.36. The Balaban J connectivity index is 1.79. The molecule has 0 radical (unpaired) electrons. The third kappa shape index (κ3) is 6.15. The Kier molecular flexibility index (Phi) is 8.84. The van der Waals surface area contributed by atoms with Crippen LogP contribution in [0.25, 0.3) is 11.1 Å². The molecule has 7 nitrogen and oxygen atoms in total. The molecule has 1 saturated heterocycles. The van der Waals surface area contributed by atoms with E-state index in [1.165, 1.54) is 4.90 Å². The van der Waals surface area contributed by atoms with Crippen molar-refractivity contribution in [2.45, 2.75) is 65.5 Å². The molecule has 0 aliphatic carbocycles. The molecule has 7 heteroatoms. The zero-order valence-electron chi connectivity index (χ0n) is 24.0. The number of carbonyl (C=O) groups is 2. The fourth-order valence-electron chi connectivity index (χ4n) is 5.69. The van der Waals surface area contributed by atoms with Gasteiger partial charge in [-0.15, -0.1) is 0 Å². The lowest BCUT2D eigenvalue weighted by Crippen LogP contribution is -2.47. The lowest BCUT2D eigenvalue weighted by Gasteiger charge is -2.34. The third-order valence-corrected chi connectivity index (χ3v) is 7.36. The average molecular weight is 546 g/mol. The van der Waals surface area contributed by atoms with Crippen molar-refractivity contribution in [3.8, 4) is 16.9 Å². The quantitative estimate of drug-likeness (QED) is 0.329. The Hall–Kier alpha value is -3.84. The van der Waals surface area contributed by atoms with Crippen molar-refractivity contribution in [2.24, 2.45) is 11.3 Å². The predicted octanol–water partition coefficient (Wildman–Crippen LogP) is 6.96. The molecule has 212 valence electrons. The number of hydrogen-bond acceptors (Lipinski definition) is 5. The molecule has 3 aromatic carbocycles. The molecular formula is C33H39NO6. The molecule has 0 spiro atoms. The summed E-state index contributed by atoms with van der Waals surface area (Å²) in [5.41, 5.74) is 3.19. The van der Waals surface area contributed by atoms with Gasteiger partial charge in [0.15, 0.2) is 0 Å². The Morgan fingerprint density at radius 1 is 0.925 bits per heavy atom. The van der Waals surface area contributed by atoms with Crippen LogP contribution in [-0.4, -0.2) is 47.4 Å². The van der Waals surface area contributed by atoms with Crippen molar-refractivity contribution in [1.29, 1.82) is 0 Å². The summed E-state index contributed by atoms with van der Waals surface area (Å²) in [5, 5.41) is 10.5. The van der Waals surface area contributed by atoms with E-state index in [2.05, 4.69) is 0 Å². The normalized spacial score (nSPS) is 20.9. The first-order valence-electron chi connectivity index (χ1n) is 13.6. The average Bonchev–Trinajstić information content (AvgIpc) is 3.29. The maximum Gasteiger partial charge on any atom is 0.411 e. The second kappa shape index (κ2) is 12.1. The van der Waals surface area contributed by atoms with Crippen LogP contribution in [0.2, 0.25) is 0 Å². The fourth-order valence-corrected chi connectivity index (χ4v) is 5.69. The number of nitrogens with zero attached hydrogens (tertiary/aromatic N) is 1. The fraction of sp³-hybridized carbons (Fsp3) is 0.394. The second-order valence-electron chi connectivity index (χ2n) is 11.5. The van der Waals surface area contributed by atoms with E-state index >= 15 is 0 Å². The van der Waals surface area contributed by atoms with Gasteiger partial charge in [-0.05, 0) is 48.1 Å². The van der Waals surface area contributed by atoms with Crippen molar-refractivity contribution in [2.75, 3.05) is 7.11 Å². The summed E-state index contributed by atoms with van der Waals surface area (Å²) in [6.45, 7) is 9.63. The molecule has 0 bridgehead atoms. The van der Waals surface area contributed by atoms with Gasteiger partial charge in [0.2, 0.25) is 0 Å². The van der Waals surface area contributed by atoms with Gasteiger partial charge < -0.3 is 19.3 Å². The molecule has 1 amide bonds. The highest BCUT2D eigenvalue weighted by Gasteiger charge is 2.59. The SMILES string of the molecule is COc1ccc(-c2ccccc2)cc1CO[C@H]1[C@H](C(C)(C)C)[C@@H](C(=O)O)N(C(=O)OC(C)C)[C@H]1c1ccccc1. The van der Waals surface area contributed by atoms with E-state index in [0.29, 0.717) is 5.75 Å². The molecule has 4 rings (SSSR count). The van der Waals surface area contributed by atoms with Gasteiger partial charge in [-0.1, -0.05) is 87.5 Å². The van der Waals surface area contributed by atoms with Crippen molar-refractivity contribution in [3.05, 3.63) is 90.0 Å². The van der Waals surface area contributed by atoms with E-state index < -0.39 is 47.7 Å². The molecule has 1 aliphatic rings. The van der Waals surface area contributed by atoms with E-state index in [4.69, 9.17) is 14.2 Å². The molecule has 0 saturated carbocycles. The Labute approximate surface area is 236 Å². The zero-order chi connectivity index (χ0) is 29.0.